The van der Waals surface area contributed by atoms with Crippen molar-refractivity contribution in [2.45, 2.75) is 31.7 Å². The molecule has 0 saturated carbocycles. The number of aromatic hydroxyl groups is 1. The van der Waals surface area contributed by atoms with E-state index in [0.717, 1.165) is 25.5 Å². The van der Waals surface area contributed by atoms with Gasteiger partial charge in [0.15, 0.2) is 5.78 Å². The van der Waals surface area contributed by atoms with E-state index in [-0.39, 0.29) is 35.1 Å². The van der Waals surface area contributed by atoms with Crippen LogP contribution in [0.2, 0.25) is 0 Å². The van der Waals surface area contributed by atoms with Gasteiger partial charge in [-0.15, -0.1) is 12.4 Å². The highest BCUT2D eigenvalue weighted by atomic mass is 35.5. The van der Waals surface area contributed by atoms with E-state index in [4.69, 9.17) is 4.74 Å². The van der Waals surface area contributed by atoms with Crippen LogP contribution in [0.3, 0.4) is 0 Å². The van der Waals surface area contributed by atoms with Gasteiger partial charge in [-0.2, -0.15) is 0 Å². The Morgan fingerprint density at radius 3 is 2.46 bits per heavy atom. The number of fused-ring (bicyclic) bond motifs is 1. The number of ketones is 1. The van der Waals surface area contributed by atoms with E-state index >= 15 is 0 Å². The fourth-order valence-corrected chi connectivity index (χ4v) is 4.83. The maximum atomic E-state index is 14.7. The molecule has 1 atom stereocenters. The van der Waals surface area contributed by atoms with Crippen molar-refractivity contribution in [2.75, 3.05) is 13.2 Å². The van der Waals surface area contributed by atoms with Crippen LogP contribution in [0.5, 0.6) is 11.5 Å². The molecule has 1 aliphatic heterocycles. The summed E-state index contributed by atoms with van der Waals surface area (Å²) in [5, 5.41) is 14.6. The number of nitrogens with one attached hydrogen (secondary N) is 1. The Bertz CT molecular complexity index is 1400. The van der Waals surface area contributed by atoms with Crippen LogP contribution in [0, 0.1) is 11.6 Å². The molecule has 2 N–H and O–H groups in total. The Hall–Kier alpha value is -3.48. The molecule has 1 saturated heterocycles. The van der Waals surface area contributed by atoms with Gasteiger partial charge < -0.3 is 15.2 Å². The summed E-state index contributed by atoms with van der Waals surface area (Å²) in [5.74, 6) is -1.01. The number of halogens is 3. The topological polar surface area (TPSA) is 58.6 Å². The third-order valence-corrected chi connectivity index (χ3v) is 6.72. The van der Waals surface area contributed by atoms with E-state index in [2.05, 4.69) is 5.32 Å². The summed E-state index contributed by atoms with van der Waals surface area (Å²) >= 11 is 0. The number of rotatable bonds is 7. The van der Waals surface area contributed by atoms with Crippen LogP contribution in [0.1, 0.15) is 41.6 Å². The SMILES string of the molecule is Cl.O=C(c1ccc(OCCC2CCCCN2)cc1)c1c(-c2ccc(F)cc2F)ccc2cc(O)ccc12. The molecular formula is C30H28ClF2NO3. The molecule has 37 heavy (non-hydrogen) atoms. The summed E-state index contributed by atoms with van der Waals surface area (Å²) in [6, 6.07) is 18.7. The van der Waals surface area contributed by atoms with Gasteiger partial charge in [0, 0.05) is 28.8 Å². The first kappa shape index (κ1) is 26.6. The molecular weight excluding hydrogens is 496 g/mol. The van der Waals surface area contributed by atoms with E-state index in [0.29, 0.717) is 40.3 Å². The molecule has 0 radical (unpaired) electrons. The molecule has 1 heterocycles. The number of phenolic OH excluding ortho intramolecular Hbond substituents is 1. The fourth-order valence-electron chi connectivity index (χ4n) is 4.83. The highest BCUT2D eigenvalue weighted by Gasteiger charge is 2.21. The molecule has 1 fully saturated rings. The Kier molecular flexibility index (Phi) is 8.41. The van der Waals surface area contributed by atoms with Gasteiger partial charge in [-0.3, -0.25) is 4.79 Å². The summed E-state index contributed by atoms with van der Waals surface area (Å²) in [6.45, 7) is 1.64. The lowest BCUT2D eigenvalue weighted by Gasteiger charge is -2.23. The zero-order valence-corrected chi connectivity index (χ0v) is 21.0. The minimum absolute atomic E-state index is 0. The van der Waals surface area contributed by atoms with Crippen molar-refractivity contribution < 1.29 is 23.4 Å². The lowest BCUT2D eigenvalue weighted by molar-refractivity contribution is 0.104. The summed E-state index contributed by atoms with van der Waals surface area (Å²) in [7, 11) is 0. The Balaban J connectivity index is 0.00000320. The van der Waals surface area contributed by atoms with Gasteiger partial charge in [0.2, 0.25) is 0 Å². The Labute approximate surface area is 220 Å². The summed E-state index contributed by atoms with van der Waals surface area (Å²) in [6.07, 6.45) is 4.55. The lowest BCUT2D eigenvalue weighted by atomic mass is 9.89. The van der Waals surface area contributed by atoms with E-state index < -0.39 is 11.6 Å². The molecule has 0 spiro atoms. The second kappa shape index (κ2) is 11.7. The van der Waals surface area contributed by atoms with Crippen molar-refractivity contribution in [1.29, 1.82) is 0 Å². The molecule has 5 rings (SSSR count). The highest BCUT2D eigenvalue weighted by molar-refractivity contribution is 6.20. The largest absolute Gasteiger partial charge is 0.508 e. The predicted octanol–water partition coefficient (Wildman–Crippen LogP) is 7.05. The van der Waals surface area contributed by atoms with Crippen LogP contribution in [0.15, 0.2) is 72.8 Å². The van der Waals surface area contributed by atoms with E-state index in [1.165, 1.54) is 31.0 Å². The highest BCUT2D eigenvalue weighted by Crippen LogP contribution is 2.35. The first-order chi connectivity index (χ1) is 17.5. The van der Waals surface area contributed by atoms with Crippen LogP contribution in [-0.2, 0) is 0 Å². The fraction of sp³-hybridized carbons (Fsp3) is 0.233. The monoisotopic (exact) mass is 523 g/mol. The molecule has 0 amide bonds. The standard InChI is InChI=1S/C30H27F2NO3.ClH/c31-21-7-12-26(28(32)18-21)27-11-6-20-17-23(34)8-13-25(20)29(27)30(35)19-4-9-24(10-5-19)36-16-14-22-3-1-2-15-33-22;/h4-13,17-18,22,33-34H,1-3,14-16H2;1H. The zero-order valence-electron chi connectivity index (χ0n) is 20.2. The molecule has 7 heteroatoms. The van der Waals surface area contributed by atoms with Crippen LogP contribution in [-0.4, -0.2) is 30.1 Å². The van der Waals surface area contributed by atoms with Gasteiger partial charge in [0.1, 0.15) is 23.1 Å². The smallest absolute Gasteiger partial charge is 0.194 e. The number of ether oxygens (including phenoxy) is 1. The van der Waals surface area contributed by atoms with Crippen molar-refractivity contribution in [3.63, 3.8) is 0 Å². The Morgan fingerprint density at radius 1 is 0.946 bits per heavy atom. The summed E-state index contributed by atoms with van der Waals surface area (Å²) < 4.78 is 34.2. The van der Waals surface area contributed by atoms with Gasteiger partial charge in [-0.25, -0.2) is 8.78 Å². The van der Waals surface area contributed by atoms with Gasteiger partial charge in [-0.1, -0.05) is 18.6 Å². The van der Waals surface area contributed by atoms with Gasteiger partial charge in [-0.05, 0) is 96.7 Å². The number of phenols is 1. The minimum atomic E-state index is -0.751. The summed E-state index contributed by atoms with van der Waals surface area (Å²) in [4.78, 5) is 13.7. The van der Waals surface area contributed by atoms with Crippen molar-refractivity contribution >= 4 is 29.0 Å². The van der Waals surface area contributed by atoms with Crippen LogP contribution < -0.4 is 10.1 Å². The van der Waals surface area contributed by atoms with Crippen molar-refractivity contribution in [3.8, 4) is 22.6 Å². The average molecular weight is 524 g/mol. The first-order valence-corrected chi connectivity index (χ1v) is 12.2. The number of carbonyl (C=O) groups is 1. The molecule has 1 aliphatic rings. The third-order valence-electron chi connectivity index (χ3n) is 6.72. The quantitative estimate of drug-likeness (QED) is 0.255. The molecule has 4 nitrogen and oxygen atoms in total. The number of carbonyl (C=O) groups excluding carboxylic acids is 1. The molecule has 192 valence electrons. The number of benzene rings is 4. The second-order valence-corrected chi connectivity index (χ2v) is 9.16. The number of hydrogen-bond acceptors (Lipinski definition) is 4. The van der Waals surface area contributed by atoms with Gasteiger partial charge in [0.25, 0.3) is 0 Å². The van der Waals surface area contributed by atoms with Gasteiger partial charge >= 0.3 is 0 Å². The molecule has 4 aromatic rings. The van der Waals surface area contributed by atoms with Crippen molar-refractivity contribution in [1.82, 2.24) is 5.32 Å². The molecule has 1 unspecified atom stereocenters. The van der Waals surface area contributed by atoms with E-state index in [1.54, 1.807) is 48.5 Å². The molecule has 4 aromatic carbocycles. The Morgan fingerprint density at radius 2 is 1.73 bits per heavy atom. The van der Waals surface area contributed by atoms with E-state index in [9.17, 15) is 18.7 Å². The van der Waals surface area contributed by atoms with Crippen LogP contribution in [0.4, 0.5) is 8.78 Å². The van der Waals surface area contributed by atoms with Gasteiger partial charge in [0.05, 0.1) is 6.61 Å². The van der Waals surface area contributed by atoms with Crippen molar-refractivity contribution in [3.05, 3.63) is 95.6 Å². The predicted molar refractivity (Wildman–Crippen MR) is 144 cm³/mol. The number of hydrogen-bond donors (Lipinski definition) is 2. The lowest BCUT2D eigenvalue weighted by Crippen LogP contribution is -2.35. The zero-order chi connectivity index (χ0) is 25.1. The first-order valence-electron chi connectivity index (χ1n) is 12.2. The normalized spacial score (nSPS) is 15.2. The summed E-state index contributed by atoms with van der Waals surface area (Å²) in [5.41, 5.74) is 1.19. The second-order valence-electron chi connectivity index (χ2n) is 9.16. The third kappa shape index (κ3) is 5.92. The average Bonchev–Trinajstić information content (AvgIpc) is 2.89. The van der Waals surface area contributed by atoms with Crippen LogP contribution >= 0.6 is 12.4 Å². The molecule has 0 bridgehead atoms. The number of piperidine rings is 1. The molecule has 0 aromatic heterocycles. The van der Waals surface area contributed by atoms with Crippen molar-refractivity contribution in [2.24, 2.45) is 0 Å². The minimum Gasteiger partial charge on any atom is -0.508 e. The maximum Gasteiger partial charge on any atom is 0.194 e. The maximum absolute atomic E-state index is 14.7. The molecule has 0 aliphatic carbocycles. The van der Waals surface area contributed by atoms with E-state index in [1.807, 2.05) is 0 Å². The van der Waals surface area contributed by atoms with Crippen LogP contribution in [0.25, 0.3) is 21.9 Å².